The van der Waals surface area contributed by atoms with Crippen molar-refractivity contribution in [2.24, 2.45) is 0 Å². The summed E-state index contributed by atoms with van der Waals surface area (Å²) in [6.45, 7) is 0.333. The molecule has 1 aromatic rings. The average Bonchev–Trinajstić information content (AvgIpc) is 2.04. The van der Waals surface area contributed by atoms with E-state index in [0.717, 1.165) is 0 Å². The van der Waals surface area contributed by atoms with Crippen LogP contribution >= 0.6 is 15.9 Å². The molecular weight excluding hydrogens is 239 g/mol. The first-order valence-corrected chi connectivity index (χ1v) is 4.49. The van der Waals surface area contributed by atoms with E-state index in [2.05, 4.69) is 15.9 Å². The summed E-state index contributed by atoms with van der Waals surface area (Å²) in [7, 11) is 2.99. The highest BCUT2D eigenvalue weighted by atomic mass is 79.9. The minimum Gasteiger partial charge on any atom is -0.493 e. The van der Waals surface area contributed by atoms with Crippen molar-refractivity contribution >= 4 is 15.9 Å². The zero-order valence-electron chi connectivity index (χ0n) is 7.43. The number of ether oxygens (including phenoxy) is 2. The molecule has 0 saturated heterocycles. The lowest BCUT2D eigenvalue weighted by Gasteiger charge is -2.08. The maximum Gasteiger partial charge on any atom is 0.166 e. The van der Waals surface area contributed by atoms with Gasteiger partial charge >= 0.3 is 0 Å². The Morgan fingerprint density at radius 1 is 1.38 bits per heavy atom. The highest BCUT2D eigenvalue weighted by Crippen LogP contribution is 2.27. The van der Waals surface area contributed by atoms with Gasteiger partial charge in [0.1, 0.15) is 0 Å². The monoisotopic (exact) mass is 248 g/mol. The first kappa shape index (κ1) is 10.5. The zero-order chi connectivity index (χ0) is 9.84. The fraction of sp³-hybridized carbons (Fsp3) is 0.333. The summed E-state index contributed by atoms with van der Waals surface area (Å²) in [6, 6.07) is 3.13. The van der Waals surface area contributed by atoms with E-state index in [4.69, 9.17) is 9.47 Å². The molecule has 2 nitrogen and oxygen atoms in total. The van der Waals surface area contributed by atoms with Crippen LogP contribution in [0.15, 0.2) is 16.6 Å². The molecule has 0 saturated carbocycles. The zero-order valence-corrected chi connectivity index (χ0v) is 9.02. The molecule has 0 radical (unpaired) electrons. The molecule has 72 valence electrons. The van der Waals surface area contributed by atoms with Crippen molar-refractivity contribution in [1.82, 2.24) is 0 Å². The van der Waals surface area contributed by atoms with Crippen LogP contribution in [-0.4, -0.2) is 14.2 Å². The van der Waals surface area contributed by atoms with Gasteiger partial charge in [0.15, 0.2) is 11.6 Å². The number of hydrogen-bond donors (Lipinski definition) is 0. The molecule has 0 aliphatic carbocycles. The van der Waals surface area contributed by atoms with Crippen LogP contribution in [0.25, 0.3) is 0 Å². The van der Waals surface area contributed by atoms with Crippen LogP contribution in [0, 0.1) is 5.82 Å². The molecule has 0 amide bonds. The van der Waals surface area contributed by atoms with Gasteiger partial charge in [0.25, 0.3) is 0 Å². The Morgan fingerprint density at radius 2 is 2.08 bits per heavy atom. The normalized spacial score (nSPS) is 10.2. The lowest BCUT2D eigenvalue weighted by atomic mass is 10.2. The minimum atomic E-state index is -0.385. The minimum absolute atomic E-state index is 0.241. The van der Waals surface area contributed by atoms with E-state index in [9.17, 15) is 4.39 Å². The smallest absolute Gasteiger partial charge is 0.166 e. The van der Waals surface area contributed by atoms with Gasteiger partial charge in [-0.1, -0.05) is 15.9 Å². The fourth-order valence-corrected chi connectivity index (χ4v) is 1.58. The summed E-state index contributed by atoms with van der Waals surface area (Å²) < 4.78 is 23.7. The number of hydrogen-bond acceptors (Lipinski definition) is 2. The molecule has 4 heteroatoms. The van der Waals surface area contributed by atoms with E-state index in [0.29, 0.717) is 16.6 Å². The highest BCUT2D eigenvalue weighted by Gasteiger charge is 2.10. The van der Waals surface area contributed by atoms with Crippen LogP contribution in [0.1, 0.15) is 5.56 Å². The second-order valence-corrected chi connectivity index (χ2v) is 3.43. The molecule has 0 heterocycles. The molecule has 0 aliphatic rings. The van der Waals surface area contributed by atoms with Gasteiger partial charge in [-0.25, -0.2) is 4.39 Å². The molecular formula is C9H10BrFO2. The highest BCUT2D eigenvalue weighted by molar-refractivity contribution is 9.10. The van der Waals surface area contributed by atoms with Crippen molar-refractivity contribution in [1.29, 1.82) is 0 Å². The van der Waals surface area contributed by atoms with Gasteiger partial charge in [0, 0.05) is 17.1 Å². The third kappa shape index (κ3) is 2.42. The summed E-state index contributed by atoms with van der Waals surface area (Å²) in [4.78, 5) is 0. The number of halogens is 2. The van der Waals surface area contributed by atoms with Gasteiger partial charge < -0.3 is 9.47 Å². The van der Waals surface area contributed by atoms with Gasteiger partial charge in [-0.3, -0.25) is 0 Å². The first-order valence-electron chi connectivity index (χ1n) is 3.70. The first-order chi connectivity index (χ1) is 6.19. The van der Waals surface area contributed by atoms with Gasteiger partial charge in [-0.05, 0) is 12.1 Å². The maximum absolute atomic E-state index is 13.2. The second-order valence-electron chi connectivity index (χ2n) is 2.51. The summed E-state index contributed by atoms with van der Waals surface area (Å²) in [5.74, 6) is -0.144. The van der Waals surface area contributed by atoms with Gasteiger partial charge in [0.05, 0.1) is 13.7 Å². The topological polar surface area (TPSA) is 18.5 Å². The Morgan fingerprint density at radius 3 is 2.62 bits per heavy atom. The summed E-state index contributed by atoms with van der Waals surface area (Å²) in [5, 5.41) is 0. The lowest BCUT2D eigenvalue weighted by molar-refractivity contribution is 0.180. The molecule has 1 rings (SSSR count). The van der Waals surface area contributed by atoms with Crippen molar-refractivity contribution < 1.29 is 13.9 Å². The molecule has 0 unspecified atom stereocenters. The molecule has 0 bridgehead atoms. The largest absolute Gasteiger partial charge is 0.493 e. The molecule has 0 aromatic heterocycles. The summed E-state index contributed by atoms with van der Waals surface area (Å²) in [6.07, 6.45) is 0. The van der Waals surface area contributed by atoms with Crippen molar-refractivity contribution in [3.63, 3.8) is 0 Å². The second kappa shape index (κ2) is 4.58. The third-order valence-corrected chi connectivity index (χ3v) is 2.05. The quantitative estimate of drug-likeness (QED) is 0.819. The molecule has 0 N–H and O–H groups in total. The number of rotatable bonds is 3. The maximum atomic E-state index is 13.2. The molecule has 0 aliphatic heterocycles. The van der Waals surface area contributed by atoms with Gasteiger partial charge in [-0.15, -0.1) is 0 Å². The van der Waals surface area contributed by atoms with Crippen LogP contribution in [0.2, 0.25) is 0 Å². The third-order valence-electron chi connectivity index (χ3n) is 1.59. The van der Waals surface area contributed by atoms with Crippen LogP contribution in [0.4, 0.5) is 4.39 Å². The van der Waals surface area contributed by atoms with Gasteiger partial charge in [0.2, 0.25) is 0 Å². The number of methoxy groups -OCH3 is 2. The van der Waals surface area contributed by atoms with Crippen LogP contribution < -0.4 is 4.74 Å². The standard InChI is InChI=1S/C9H10BrFO2/c1-12-5-6-3-7(10)4-8(11)9(6)13-2/h3-4H,5H2,1-2H3. The van der Waals surface area contributed by atoms with Crippen LogP contribution in [0.5, 0.6) is 5.75 Å². The van der Waals surface area contributed by atoms with Crippen LogP contribution in [0.3, 0.4) is 0 Å². The lowest BCUT2D eigenvalue weighted by Crippen LogP contribution is -1.97. The van der Waals surface area contributed by atoms with E-state index < -0.39 is 0 Å². The van der Waals surface area contributed by atoms with Crippen molar-refractivity contribution in [2.75, 3.05) is 14.2 Å². The van der Waals surface area contributed by atoms with E-state index >= 15 is 0 Å². The van der Waals surface area contributed by atoms with Crippen molar-refractivity contribution in [2.45, 2.75) is 6.61 Å². The Balaban J connectivity index is 3.13. The van der Waals surface area contributed by atoms with Crippen molar-refractivity contribution in [3.05, 3.63) is 28.0 Å². The van der Waals surface area contributed by atoms with E-state index in [1.54, 1.807) is 13.2 Å². The molecule has 13 heavy (non-hydrogen) atoms. The molecule has 1 aromatic carbocycles. The van der Waals surface area contributed by atoms with E-state index in [1.165, 1.54) is 13.2 Å². The Hall–Kier alpha value is -0.610. The Bertz CT molecular complexity index is 302. The molecule has 0 spiro atoms. The van der Waals surface area contributed by atoms with Crippen LogP contribution in [-0.2, 0) is 11.3 Å². The predicted molar refractivity (Wildman–Crippen MR) is 51.4 cm³/mol. The average molecular weight is 249 g/mol. The number of benzene rings is 1. The summed E-state index contributed by atoms with van der Waals surface area (Å²) >= 11 is 3.20. The van der Waals surface area contributed by atoms with Gasteiger partial charge in [-0.2, -0.15) is 0 Å². The fourth-order valence-electron chi connectivity index (χ4n) is 1.10. The van der Waals surface area contributed by atoms with Crippen molar-refractivity contribution in [3.8, 4) is 5.75 Å². The summed E-state index contributed by atoms with van der Waals surface area (Å²) in [5.41, 5.74) is 0.692. The predicted octanol–water partition coefficient (Wildman–Crippen LogP) is 2.74. The SMILES string of the molecule is COCc1cc(Br)cc(F)c1OC. The van der Waals surface area contributed by atoms with E-state index in [-0.39, 0.29) is 11.6 Å². The molecule has 0 fully saturated rings. The Labute approximate surface area is 84.8 Å². The Kier molecular flexibility index (Phi) is 3.69. The van der Waals surface area contributed by atoms with E-state index in [1.807, 2.05) is 0 Å². The molecule has 0 atom stereocenters.